The summed E-state index contributed by atoms with van der Waals surface area (Å²) >= 11 is 3.16. The highest BCUT2D eigenvalue weighted by Crippen LogP contribution is 2.24. The Morgan fingerprint density at radius 2 is 2.00 bits per heavy atom. The van der Waals surface area contributed by atoms with Crippen LogP contribution in [0, 0.1) is 12.7 Å². The van der Waals surface area contributed by atoms with Crippen LogP contribution >= 0.6 is 15.9 Å². The van der Waals surface area contributed by atoms with E-state index in [1.165, 1.54) is 6.07 Å². The third kappa shape index (κ3) is 2.69. The number of nitrogens with one attached hydrogen (secondary N) is 1. The van der Waals surface area contributed by atoms with Gasteiger partial charge in [-0.15, -0.1) is 0 Å². The molecule has 0 bridgehead atoms. The molecule has 0 radical (unpaired) electrons. The molecule has 0 spiro atoms. The third-order valence-corrected chi connectivity index (χ3v) is 2.32. The number of rotatable bonds is 2. The van der Waals surface area contributed by atoms with Gasteiger partial charge in [0, 0.05) is 11.7 Å². The van der Waals surface area contributed by atoms with Gasteiger partial charge in [-0.3, -0.25) is 0 Å². The number of hydrogen-bond donors (Lipinski definition) is 1. The molecule has 0 aliphatic heterocycles. The van der Waals surface area contributed by atoms with Gasteiger partial charge in [0.15, 0.2) is 0 Å². The van der Waals surface area contributed by atoms with Gasteiger partial charge < -0.3 is 5.32 Å². The van der Waals surface area contributed by atoms with Crippen molar-refractivity contribution in [3.63, 3.8) is 0 Å². The monoisotopic (exact) mass is 245 g/mol. The predicted octanol–water partition coefficient (Wildman–Crippen LogP) is 3.72. The highest BCUT2D eigenvalue weighted by atomic mass is 79.9. The Labute approximate surface area is 86.5 Å². The fraction of sp³-hybridized carbons (Fsp3) is 0.400. The first-order chi connectivity index (χ1) is 6.00. The van der Waals surface area contributed by atoms with E-state index in [0.717, 1.165) is 11.3 Å². The SMILES string of the molecule is Cc1cc(F)c(Br)cc1NC(C)C. The summed E-state index contributed by atoms with van der Waals surface area (Å²) in [6.45, 7) is 5.99. The van der Waals surface area contributed by atoms with E-state index in [1.807, 2.05) is 6.92 Å². The molecule has 1 nitrogen and oxygen atoms in total. The molecule has 0 unspecified atom stereocenters. The lowest BCUT2D eigenvalue weighted by Gasteiger charge is -2.13. The number of halogens is 2. The Bertz CT molecular complexity index is 310. The molecule has 1 N–H and O–H groups in total. The normalized spacial score (nSPS) is 10.6. The summed E-state index contributed by atoms with van der Waals surface area (Å²) in [5, 5.41) is 3.24. The number of benzene rings is 1. The predicted molar refractivity (Wildman–Crippen MR) is 57.6 cm³/mol. The van der Waals surface area contributed by atoms with E-state index in [9.17, 15) is 4.39 Å². The van der Waals surface area contributed by atoms with Gasteiger partial charge in [0.25, 0.3) is 0 Å². The van der Waals surface area contributed by atoms with E-state index in [4.69, 9.17) is 0 Å². The fourth-order valence-electron chi connectivity index (χ4n) is 1.11. The molecule has 0 amide bonds. The molecule has 0 saturated carbocycles. The van der Waals surface area contributed by atoms with Gasteiger partial charge in [0.2, 0.25) is 0 Å². The average molecular weight is 246 g/mol. The molecule has 1 rings (SSSR count). The lowest BCUT2D eigenvalue weighted by molar-refractivity contribution is 0.620. The van der Waals surface area contributed by atoms with E-state index in [1.54, 1.807) is 6.07 Å². The second-order valence-corrected chi connectivity index (χ2v) is 4.23. The summed E-state index contributed by atoms with van der Waals surface area (Å²) in [6, 6.07) is 3.65. The molecular formula is C10H13BrFN. The van der Waals surface area contributed by atoms with Crippen molar-refractivity contribution in [2.45, 2.75) is 26.8 Å². The lowest BCUT2D eigenvalue weighted by atomic mass is 10.2. The van der Waals surface area contributed by atoms with Crippen LogP contribution in [0.4, 0.5) is 10.1 Å². The first-order valence-corrected chi connectivity index (χ1v) is 5.02. The van der Waals surface area contributed by atoms with Gasteiger partial charge in [-0.1, -0.05) is 0 Å². The summed E-state index contributed by atoms with van der Waals surface area (Å²) in [4.78, 5) is 0. The molecule has 0 aliphatic rings. The third-order valence-electron chi connectivity index (χ3n) is 1.71. The topological polar surface area (TPSA) is 12.0 Å². The summed E-state index contributed by atoms with van der Waals surface area (Å²) in [5.41, 5.74) is 1.90. The summed E-state index contributed by atoms with van der Waals surface area (Å²) < 4.78 is 13.5. The van der Waals surface area contributed by atoms with Gasteiger partial charge >= 0.3 is 0 Å². The van der Waals surface area contributed by atoms with Gasteiger partial charge in [0.1, 0.15) is 5.82 Å². The molecule has 0 aromatic heterocycles. The van der Waals surface area contributed by atoms with Crippen LogP contribution in [-0.2, 0) is 0 Å². The van der Waals surface area contributed by atoms with Crippen LogP contribution in [0.25, 0.3) is 0 Å². The maximum absolute atomic E-state index is 13.0. The Kier molecular flexibility index (Phi) is 3.31. The van der Waals surface area contributed by atoms with Crippen LogP contribution in [0.15, 0.2) is 16.6 Å². The summed E-state index contributed by atoms with van der Waals surface area (Å²) in [6.07, 6.45) is 0. The fourth-order valence-corrected chi connectivity index (χ4v) is 1.46. The molecule has 1 aromatic rings. The number of anilines is 1. The molecule has 0 saturated heterocycles. The first-order valence-electron chi connectivity index (χ1n) is 4.23. The van der Waals surface area contributed by atoms with E-state index in [2.05, 4.69) is 35.1 Å². The van der Waals surface area contributed by atoms with Crippen molar-refractivity contribution in [2.24, 2.45) is 0 Å². The molecule has 3 heteroatoms. The highest BCUT2D eigenvalue weighted by Gasteiger charge is 2.05. The molecule has 72 valence electrons. The molecule has 13 heavy (non-hydrogen) atoms. The minimum atomic E-state index is -0.216. The van der Waals surface area contributed by atoms with Crippen molar-refractivity contribution in [3.8, 4) is 0 Å². The molecular weight excluding hydrogens is 233 g/mol. The second-order valence-electron chi connectivity index (χ2n) is 3.38. The van der Waals surface area contributed by atoms with Crippen molar-refractivity contribution in [1.29, 1.82) is 0 Å². The Hall–Kier alpha value is -0.570. The average Bonchev–Trinajstić information content (AvgIpc) is 1.99. The largest absolute Gasteiger partial charge is 0.383 e. The Morgan fingerprint density at radius 3 is 2.54 bits per heavy atom. The van der Waals surface area contributed by atoms with Crippen LogP contribution < -0.4 is 5.32 Å². The van der Waals surface area contributed by atoms with Crippen molar-refractivity contribution >= 4 is 21.6 Å². The second kappa shape index (κ2) is 4.09. The van der Waals surface area contributed by atoms with Gasteiger partial charge in [-0.25, -0.2) is 4.39 Å². The highest BCUT2D eigenvalue weighted by molar-refractivity contribution is 9.10. The lowest BCUT2D eigenvalue weighted by Crippen LogP contribution is -2.10. The maximum atomic E-state index is 13.0. The van der Waals surface area contributed by atoms with E-state index >= 15 is 0 Å². The minimum Gasteiger partial charge on any atom is -0.383 e. The molecule has 0 aliphatic carbocycles. The number of hydrogen-bond acceptors (Lipinski definition) is 1. The first kappa shape index (κ1) is 10.5. The molecule has 0 heterocycles. The van der Waals surface area contributed by atoms with Crippen LogP contribution in [0.3, 0.4) is 0 Å². The van der Waals surface area contributed by atoms with Crippen LogP contribution in [0.5, 0.6) is 0 Å². The van der Waals surface area contributed by atoms with Gasteiger partial charge in [0.05, 0.1) is 4.47 Å². The Morgan fingerprint density at radius 1 is 1.38 bits per heavy atom. The van der Waals surface area contributed by atoms with Crippen LogP contribution in [-0.4, -0.2) is 6.04 Å². The van der Waals surface area contributed by atoms with Crippen LogP contribution in [0.2, 0.25) is 0 Å². The molecule has 0 fully saturated rings. The minimum absolute atomic E-state index is 0.216. The zero-order chi connectivity index (χ0) is 10.0. The van der Waals surface area contributed by atoms with E-state index < -0.39 is 0 Å². The van der Waals surface area contributed by atoms with Crippen molar-refractivity contribution in [3.05, 3.63) is 28.0 Å². The number of aryl methyl sites for hydroxylation is 1. The van der Waals surface area contributed by atoms with Gasteiger partial charge in [-0.05, 0) is 54.4 Å². The Balaban J connectivity index is 3.01. The zero-order valence-electron chi connectivity index (χ0n) is 7.99. The molecule has 1 aromatic carbocycles. The van der Waals surface area contributed by atoms with Crippen LogP contribution in [0.1, 0.15) is 19.4 Å². The standard InChI is InChI=1S/C10H13BrFN/c1-6(2)13-10-5-8(11)9(12)4-7(10)3/h4-6,13H,1-3H3. The maximum Gasteiger partial charge on any atom is 0.137 e. The van der Waals surface area contributed by atoms with Crippen molar-refractivity contribution < 1.29 is 4.39 Å². The summed E-state index contributed by atoms with van der Waals surface area (Å²) in [7, 11) is 0. The quantitative estimate of drug-likeness (QED) is 0.838. The summed E-state index contributed by atoms with van der Waals surface area (Å²) in [5.74, 6) is -0.216. The van der Waals surface area contributed by atoms with Crippen molar-refractivity contribution in [1.82, 2.24) is 0 Å². The van der Waals surface area contributed by atoms with E-state index in [0.29, 0.717) is 10.5 Å². The van der Waals surface area contributed by atoms with E-state index in [-0.39, 0.29) is 5.82 Å². The molecule has 0 atom stereocenters. The van der Waals surface area contributed by atoms with Crippen molar-refractivity contribution in [2.75, 3.05) is 5.32 Å². The smallest absolute Gasteiger partial charge is 0.137 e. The zero-order valence-corrected chi connectivity index (χ0v) is 9.57. The van der Waals surface area contributed by atoms with Gasteiger partial charge in [-0.2, -0.15) is 0 Å².